The standard InChI is InChI=1S/C14H31Br2N3/c15-9-7-5-3-1-2-4-6-8-14(16)19-13-12-18-11-10-17/h14,18-19H,1-13,17H2. The van der Waals surface area contributed by atoms with Gasteiger partial charge in [-0.05, 0) is 12.8 Å². The first kappa shape index (κ1) is 19.8. The van der Waals surface area contributed by atoms with E-state index in [0.29, 0.717) is 11.5 Å². The van der Waals surface area contributed by atoms with Gasteiger partial charge in [-0.1, -0.05) is 70.4 Å². The monoisotopic (exact) mass is 399 g/mol. The molecule has 0 aromatic carbocycles. The zero-order valence-corrected chi connectivity index (χ0v) is 15.3. The molecular weight excluding hydrogens is 370 g/mol. The minimum atomic E-state index is 0.459. The molecule has 0 aromatic heterocycles. The molecule has 0 amide bonds. The quantitative estimate of drug-likeness (QED) is 0.224. The number of hydrogen-bond acceptors (Lipinski definition) is 3. The third kappa shape index (κ3) is 16.8. The summed E-state index contributed by atoms with van der Waals surface area (Å²) in [5.74, 6) is 0. The molecular formula is C14H31Br2N3. The maximum absolute atomic E-state index is 5.41. The Hall–Kier alpha value is 0.840. The normalized spacial score (nSPS) is 12.8. The SMILES string of the molecule is NCCNCCNC(Br)CCCCCCCCCBr. The molecule has 1 unspecified atom stereocenters. The number of nitrogens with one attached hydrogen (secondary N) is 2. The van der Waals surface area contributed by atoms with Crippen molar-refractivity contribution in [2.75, 3.05) is 31.5 Å². The topological polar surface area (TPSA) is 50.1 Å². The van der Waals surface area contributed by atoms with Crippen molar-refractivity contribution in [3.63, 3.8) is 0 Å². The molecule has 0 spiro atoms. The van der Waals surface area contributed by atoms with Crippen molar-refractivity contribution in [2.24, 2.45) is 5.73 Å². The van der Waals surface area contributed by atoms with Crippen molar-refractivity contribution >= 4 is 31.9 Å². The van der Waals surface area contributed by atoms with Crippen LogP contribution in [0.15, 0.2) is 0 Å². The van der Waals surface area contributed by atoms with Crippen molar-refractivity contribution in [2.45, 2.75) is 56.3 Å². The van der Waals surface area contributed by atoms with Gasteiger partial charge in [0.25, 0.3) is 0 Å². The van der Waals surface area contributed by atoms with E-state index in [4.69, 9.17) is 5.73 Å². The van der Waals surface area contributed by atoms with Crippen LogP contribution in [0.2, 0.25) is 0 Å². The highest BCUT2D eigenvalue weighted by Crippen LogP contribution is 2.12. The van der Waals surface area contributed by atoms with Crippen LogP contribution in [0.1, 0.15) is 51.4 Å². The average Bonchev–Trinajstić information content (AvgIpc) is 2.41. The summed E-state index contributed by atoms with van der Waals surface area (Å²) in [5, 5.41) is 7.90. The van der Waals surface area contributed by atoms with E-state index in [0.717, 1.165) is 25.0 Å². The Morgan fingerprint density at radius 1 is 0.842 bits per heavy atom. The van der Waals surface area contributed by atoms with Crippen molar-refractivity contribution in [3.8, 4) is 0 Å². The van der Waals surface area contributed by atoms with Crippen molar-refractivity contribution in [3.05, 3.63) is 0 Å². The van der Waals surface area contributed by atoms with Crippen molar-refractivity contribution in [1.82, 2.24) is 10.6 Å². The fourth-order valence-electron chi connectivity index (χ4n) is 1.95. The second-order valence-electron chi connectivity index (χ2n) is 4.91. The predicted molar refractivity (Wildman–Crippen MR) is 93.4 cm³/mol. The fourth-order valence-corrected chi connectivity index (χ4v) is 2.90. The Balaban J connectivity index is 3.09. The molecule has 0 aliphatic heterocycles. The number of hydrogen-bond donors (Lipinski definition) is 3. The second kappa shape index (κ2) is 16.9. The van der Waals surface area contributed by atoms with Crippen LogP contribution >= 0.6 is 31.9 Å². The number of rotatable bonds is 15. The maximum Gasteiger partial charge on any atom is 0.0631 e. The summed E-state index contributed by atoms with van der Waals surface area (Å²) in [5.41, 5.74) is 5.41. The van der Waals surface area contributed by atoms with Gasteiger partial charge in [0, 0.05) is 31.5 Å². The maximum atomic E-state index is 5.41. The average molecular weight is 401 g/mol. The summed E-state index contributed by atoms with van der Waals surface area (Å²) in [6.45, 7) is 3.62. The van der Waals surface area contributed by atoms with Crippen LogP contribution in [0.4, 0.5) is 0 Å². The molecule has 1 atom stereocenters. The molecule has 5 heteroatoms. The first-order chi connectivity index (χ1) is 9.31. The van der Waals surface area contributed by atoms with Gasteiger partial charge >= 0.3 is 0 Å². The van der Waals surface area contributed by atoms with E-state index in [1.807, 2.05) is 0 Å². The second-order valence-corrected chi connectivity index (χ2v) is 6.81. The molecule has 0 saturated heterocycles. The number of halogens is 2. The lowest BCUT2D eigenvalue weighted by Gasteiger charge is -2.12. The Morgan fingerprint density at radius 2 is 1.47 bits per heavy atom. The van der Waals surface area contributed by atoms with Gasteiger partial charge in [-0.15, -0.1) is 0 Å². The van der Waals surface area contributed by atoms with Gasteiger partial charge in [0.1, 0.15) is 0 Å². The molecule has 0 saturated carbocycles. The van der Waals surface area contributed by atoms with Crippen molar-refractivity contribution in [1.29, 1.82) is 0 Å². The number of nitrogens with two attached hydrogens (primary N) is 1. The lowest BCUT2D eigenvalue weighted by atomic mass is 10.1. The van der Waals surface area contributed by atoms with E-state index >= 15 is 0 Å². The van der Waals surface area contributed by atoms with Gasteiger partial charge < -0.3 is 16.4 Å². The van der Waals surface area contributed by atoms with Crippen LogP contribution in [0.5, 0.6) is 0 Å². The molecule has 0 radical (unpaired) electrons. The highest BCUT2D eigenvalue weighted by atomic mass is 79.9. The van der Waals surface area contributed by atoms with Gasteiger partial charge in [-0.25, -0.2) is 0 Å². The van der Waals surface area contributed by atoms with E-state index in [2.05, 4.69) is 42.5 Å². The summed E-state index contributed by atoms with van der Waals surface area (Å²) >= 11 is 7.15. The van der Waals surface area contributed by atoms with E-state index in [9.17, 15) is 0 Å². The van der Waals surface area contributed by atoms with Gasteiger partial charge in [0.05, 0.1) is 4.95 Å². The fraction of sp³-hybridized carbons (Fsp3) is 1.00. The third-order valence-corrected chi connectivity index (χ3v) is 4.42. The Morgan fingerprint density at radius 3 is 2.11 bits per heavy atom. The predicted octanol–water partition coefficient (Wildman–Crippen LogP) is 3.36. The van der Waals surface area contributed by atoms with Crippen LogP contribution in [0, 0.1) is 0 Å². The Bertz CT molecular complexity index is 171. The summed E-state index contributed by atoms with van der Waals surface area (Å²) in [6.07, 6.45) is 10.8. The van der Waals surface area contributed by atoms with E-state index < -0.39 is 0 Å². The molecule has 116 valence electrons. The van der Waals surface area contributed by atoms with Crippen LogP contribution in [0.25, 0.3) is 0 Å². The number of alkyl halides is 2. The first-order valence-electron chi connectivity index (χ1n) is 7.65. The van der Waals surface area contributed by atoms with E-state index in [1.54, 1.807) is 0 Å². The smallest absolute Gasteiger partial charge is 0.0631 e. The molecule has 0 bridgehead atoms. The largest absolute Gasteiger partial charge is 0.329 e. The molecule has 0 aliphatic carbocycles. The third-order valence-electron chi connectivity index (χ3n) is 3.08. The molecule has 0 aromatic rings. The zero-order chi connectivity index (χ0) is 14.2. The van der Waals surface area contributed by atoms with Crippen LogP contribution in [-0.4, -0.2) is 36.5 Å². The first-order valence-corrected chi connectivity index (χ1v) is 9.69. The van der Waals surface area contributed by atoms with Crippen molar-refractivity contribution < 1.29 is 0 Å². The van der Waals surface area contributed by atoms with Gasteiger partial charge in [-0.3, -0.25) is 0 Å². The minimum Gasteiger partial charge on any atom is -0.329 e. The Labute approximate surface area is 136 Å². The molecule has 3 nitrogen and oxygen atoms in total. The van der Waals surface area contributed by atoms with Crippen LogP contribution < -0.4 is 16.4 Å². The zero-order valence-electron chi connectivity index (χ0n) is 12.1. The summed E-state index contributed by atoms with van der Waals surface area (Å²) in [6, 6.07) is 0. The van der Waals surface area contributed by atoms with Crippen LogP contribution in [-0.2, 0) is 0 Å². The lowest BCUT2D eigenvalue weighted by molar-refractivity contribution is 0.534. The lowest BCUT2D eigenvalue weighted by Crippen LogP contribution is -2.33. The molecule has 4 N–H and O–H groups in total. The van der Waals surface area contributed by atoms with Gasteiger partial charge in [-0.2, -0.15) is 0 Å². The molecule has 19 heavy (non-hydrogen) atoms. The molecule has 0 rings (SSSR count). The van der Waals surface area contributed by atoms with E-state index in [1.165, 1.54) is 51.4 Å². The number of unbranched alkanes of at least 4 members (excludes halogenated alkanes) is 6. The summed E-state index contributed by atoms with van der Waals surface area (Å²) in [4.78, 5) is 0.459. The Kier molecular flexibility index (Phi) is 17.6. The van der Waals surface area contributed by atoms with Crippen LogP contribution in [0.3, 0.4) is 0 Å². The van der Waals surface area contributed by atoms with Gasteiger partial charge in [0.15, 0.2) is 0 Å². The van der Waals surface area contributed by atoms with Gasteiger partial charge in [0.2, 0.25) is 0 Å². The highest BCUT2D eigenvalue weighted by Gasteiger charge is 2.01. The minimum absolute atomic E-state index is 0.459. The highest BCUT2D eigenvalue weighted by molar-refractivity contribution is 9.09. The molecule has 0 aliphatic rings. The summed E-state index contributed by atoms with van der Waals surface area (Å²) in [7, 11) is 0. The molecule has 0 heterocycles. The van der Waals surface area contributed by atoms with E-state index in [-0.39, 0.29) is 0 Å². The summed E-state index contributed by atoms with van der Waals surface area (Å²) < 4.78 is 0. The molecule has 0 fully saturated rings.